The molecule has 3 rings (SSSR count). The highest BCUT2D eigenvalue weighted by atomic mass is 19.3. The topological polar surface area (TPSA) is 33.7 Å². The second-order valence-electron chi connectivity index (χ2n) is 5.77. The van der Waals surface area contributed by atoms with Gasteiger partial charge in [-0.2, -0.15) is 8.78 Å². The van der Waals surface area contributed by atoms with Crippen molar-refractivity contribution < 1.29 is 18.3 Å². The lowest BCUT2D eigenvalue weighted by atomic mass is 10.2. The Morgan fingerprint density at radius 3 is 2.50 bits per heavy atom. The number of nitrogens with zero attached hydrogens (tertiary/aromatic N) is 1. The smallest absolute Gasteiger partial charge is 0.387 e. The number of piperazine rings is 1. The van der Waals surface area contributed by atoms with E-state index in [1.165, 1.54) is 0 Å². The molecule has 2 aliphatic rings. The number of alkyl halides is 2. The number of anilines is 1. The Hall–Kier alpha value is -1.56. The number of halogens is 2. The molecule has 4 nitrogen and oxygen atoms in total. The fourth-order valence-corrected chi connectivity index (χ4v) is 3.09. The molecule has 1 saturated heterocycles. The quantitative estimate of drug-likeness (QED) is 0.906. The molecule has 0 amide bonds. The van der Waals surface area contributed by atoms with Crippen LogP contribution in [-0.2, 0) is 0 Å². The van der Waals surface area contributed by atoms with E-state index in [4.69, 9.17) is 4.74 Å². The van der Waals surface area contributed by atoms with Gasteiger partial charge in [0.25, 0.3) is 0 Å². The lowest BCUT2D eigenvalue weighted by Gasteiger charge is -2.30. The van der Waals surface area contributed by atoms with E-state index in [2.05, 4.69) is 15.0 Å². The van der Waals surface area contributed by atoms with Crippen molar-refractivity contribution in [2.45, 2.75) is 38.4 Å². The maximum absolute atomic E-state index is 12.6. The van der Waals surface area contributed by atoms with E-state index in [1.54, 1.807) is 6.07 Å². The minimum Gasteiger partial charge on any atom is -0.486 e. The van der Waals surface area contributed by atoms with Gasteiger partial charge in [-0.3, -0.25) is 0 Å². The SMILES string of the molecule is FC(F)Oc1ccc(N2CCNCC2)cc1OC1CCCC1. The van der Waals surface area contributed by atoms with Gasteiger partial charge in [-0.15, -0.1) is 0 Å². The summed E-state index contributed by atoms with van der Waals surface area (Å²) in [4.78, 5) is 2.23. The highest BCUT2D eigenvalue weighted by Crippen LogP contribution is 2.36. The van der Waals surface area contributed by atoms with Crippen molar-refractivity contribution in [3.05, 3.63) is 18.2 Å². The molecular weight excluding hydrogens is 290 g/mol. The van der Waals surface area contributed by atoms with Crippen LogP contribution < -0.4 is 19.7 Å². The van der Waals surface area contributed by atoms with Gasteiger partial charge in [0.2, 0.25) is 0 Å². The molecule has 1 N–H and O–H groups in total. The summed E-state index contributed by atoms with van der Waals surface area (Å²) >= 11 is 0. The lowest BCUT2D eigenvalue weighted by molar-refractivity contribution is -0.0520. The molecule has 1 aromatic carbocycles. The first-order valence-electron chi connectivity index (χ1n) is 7.93. The van der Waals surface area contributed by atoms with Crippen LogP contribution in [0, 0.1) is 0 Å². The molecule has 1 saturated carbocycles. The molecule has 1 aromatic rings. The summed E-state index contributed by atoms with van der Waals surface area (Å²) in [5.41, 5.74) is 0.996. The zero-order valence-corrected chi connectivity index (χ0v) is 12.6. The van der Waals surface area contributed by atoms with Gasteiger partial charge in [-0.25, -0.2) is 0 Å². The van der Waals surface area contributed by atoms with Crippen molar-refractivity contribution in [3.8, 4) is 11.5 Å². The van der Waals surface area contributed by atoms with Crippen molar-refractivity contribution in [1.82, 2.24) is 5.32 Å². The summed E-state index contributed by atoms with van der Waals surface area (Å²) in [6.45, 7) is 0.814. The third-order valence-corrected chi connectivity index (χ3v) is 4.22. The van der Waals surface area contributed by atoms with Crippen molar-refractivity contribution >= 4 is 5.69 Å². The van der Waals surface area contributed by atoms with E-state index in [-0.39, 0.29) is 11.9 Å². The van der Waals surface area contributed by atoms with Gasteiger partial charge in [0.15, 0.2) is 11.5 Å². The molecule has 6 heteroatoms. The molecule has 1 aliphatic carbocycles. The summed E-state index contributed by atoms with van der Waals surface area (Å²) in [5, 5.41) is 3.30. The van der Waals surface area contributed by atoms with Crippen molar-refractivity contribution in [1.29, 1.82) is 0 Å². The van der Waals surface area contributed by atoms with E-state index < -0.39 is 6.61 Å². The van der Waals surface area contributed by atoms with E-state index in [0.717, 1.165) is 57.5 Å². The number of hydrogen-bond acceptors (Lipinski definition) is 4. The summed E-state index contributed by atoms with van der Waals surface area (Å²) < 4.78 is 35.7. The first-order chi connectivity index (χ1) is 10.7. The van der Waals surface area contributed by atoms with Gasteiger partial charge < -0.3 is 19.7 Å². The standard InChI is InChI=1S/C16H22F2N2O2/c17-16(18)22-14-6-5-12(20-9-7-19-8-10-20)11-15(14)21-13-3-1-2-4-13/h5-6,11,13,16,19H,1-4,7-10H2. The second-order valence-corrected chi connectivity index (χ2v) is 5.77. The van der Waals surface area contributed by atoms with Crippen molar-refractivity contribution in [2.75, 3.05) is 31.1 Å². The van der Waals surface area contributed by atoms with Crippen LogP contribution in [0.1, 0.15) is 25.7 Å². The zero-order chi connectivity index (χ0) is 15.4. The van der Waals surface area contributed by atoms with Crippen LogP contribution in [0.4, 0.5) is 14.5 Å². The number of benzene rings is 1. The highest BCUT2D eigenvalue weighted by Gasteiger charge is 2.21. The van der Waals surface area contributed by atoms with Gasteiger partial charge >= 0.3 is 6.61 Å². The largest absolute Gasteiger partial charge is 0.486 e. The number of nitrogens with one attached hydrogen (secondary N) is 1. The number of ether oxygens (including phenoxy) is 2. The molecule has 22 heavy (non-hydrogen) atoms. The Balaban J connectivity index is 1.80. The van der Waals surface area contributed by atoms with Gasteiger partial charge in [0.1, 0.15) is 0 Å². The van der Waals surface area contributed by atoms with E-state index in [0.29, 0.717) is 5.75 Å². The summed E-state index contributed by atoms with van der Waals surface area (Å²) in [6.07, 6.45) is 4.33. The predicted molar refractivity (Wildman–Crippen MR) is 81.0 cm³/mol. The summed E-state index contributed by atoms with van der Waals surface area (Å²) in [6, 6.07) is 5.25. The van der Waals surface area contributed by atoms with Gasteiger partial charge in [0, 0.05) is 37.9 Å². The van der Waals surface area contributed by atoms with Crippen molar-refractivity contribution in [3.63, 3.8) is 0 Å². The van der Waals surface area contributed by atoms with E-state index in [9.17, 15) is 8.78 Å². The number of rotatable bonds is 5. The maximum Gasteiger partial charge on any atom is 0.387 e. The van der Waals surface area contributed by atoms with Gasteiger partial charge in [0.05, 0.1) is 6.10 Å². The van der Waals surface area contributed by atoms with Crippen LogP contribution in [0.3, 0.4) is 0 Å². The molecule has 0 atom stereocenters. The monoisotopic (exact) mass is 312 g/mol. The first kappa shape index (κ1) is 15.3. The Morgan fingerprint density at radius 1 is 1.09 bits per heavy atom. The zero-order valence-electron chi connectivity index (χ0n) is 12.6. The minimum absolute atomic E-state index is 0.110. The van der Waals surface area contributed by atoms with Crippen LogP contribution in [0.15, 0.2) is 18.2 Å². The molecule has 0 unspecified atom stereocenters. The normalized spacial score (nSPS) is 19.7. The Labute approximate surface area is 129 Å². The molecule has 0 spiro atoms. The predicted octanol–water partition coefficient (Wildman–Crippen LogP) is 3.02. The van der Waals surface area contributed by atoms with Crippen LogP contribution in [0.5, 0.6) is 11.5 Å². The first-order valence-corrected chi connectivity index (χ1v) is 7.93. The van der Waals surface area contributed by atoms with E-state index >= 15 is 0 Å². The Morgan fingerprint density at radius 2 is 1.82 bits per heavy atom. The third-order valence-electron chi connectivity index (χ3n) is 4.22. The fraction of sp³-hybridized carbons (Fsp3) is 0.625. The summed E-state index contributed by atoms with van der Waals surface area (Å²) in [7, 11) is 0. The average molecular weight is 312 g/mol. The molecule has 2 fully saturated rings. The lowest BCUT2D eigenvalue weighted by Crippen LogP contribution is -2.43. The molecular formula is C16H22F2N2O2. The molecule has 1 aliphatic heterocycles. The van der Waals surface area contributed by atoms with Gasteiger partial charge in [-0.05, 0) is 37.8 Å². The molecule has 0 aromatic heterocycles. The average Bonchev–Trinajstić information content (AvgIpc) is 3.02. The summed E-state index contributed by atoms with van der Waals surface area (Å²) in [5.74, 6) is 0.559. The van der Waals surface area contributed by atoms with Crippen LogP contribution >= 0.6 is 0 Å². The third kappa shape index (κ3) is 3.80. The van der Waals surface area contributed by atoms with Gasteiger partial charge in [-0.1, -0.05) is 0 Å². The fourth-order valence-electron chi connectivity index (χ4n) is 3.09. The van der Waals surface area contributed by atoms with Crippen LogP contribution in [0.2, 0.25) is 0 Å². The second kappa shape index (κ2) is 7.13. The van der Waals surface area contributed by atoms with Crippen molar-refractivity contribution in [2.24, 2.45) is 0 Å². The number of hydrogen-bond donors (Lipinski definition) is 1. The Kier molecular flexibility index (Phi) is 4.97. The molecule has 0 radical (unpaired) electrons. The van der Waals surface area contributed by atoms with Crippen LogP contribution in [0.25, 0.3) is 0 Å². The minimum atomic E-state index is -2.84. The Bertz CT molecular complexity index is 487. The maximum atomic E-state index is 12.6. The van der Waals surface area contributed by atoms with Crippen LogP contribution in [-0.4, -0.2) is 38.9 Å². The molecule has 1 heterocycles. The highest BCUT2D eigenvalue weighted by molar-refractivity contribution is 5.56. The molecule has 122 valence electrons. The van der Waals surface area contributed by atoms with E-state index in [1.807, 2.05) is 12.1 Å². The molecule has 0 bridgehead atoms.